The number of phenolic OH excluding ortho intramolecular Hbond substituents is 1. The van der Waals surface area contributed by atoms with Gasteiger partial charge in [0.1, 0.15) is 5.75 Å². The van der Waals surface area contributed by atoms with Crippen molar-refractivity contribution in [2.45, 2.75) is 0 Å². The number of hydrogen-bond acceptors (Lipinski definition) is 4. The van der Waals surface area contributed by atoms with Gasteiger partial charge in [-0.1, -0.05) is 12.1 Å². The summed E-state index contributed by atoms with van der Waals surface area (Å²) in [5.74, 6) is 0.234. The smallest absolute Gasteiger partial charge is 0.196 e. The summed E-state index contributed by atoms with van der Waals surface area (Å²) in [5.41, 5.74) is 2.22. The van der Waals surface area contributed by atoms with Crippen LogP contribution in [0.4, 0.5) is 5.69 Å². The van der Waals surface area contributed by atoms with Gasteiger partial charge in [0, 0.05) is 21.7 Å². The standard InChI is InChI=1S/C16H11N3O2/c20-11-3-4-14-12(7-11)13(16(21)18-14)5-9-1-2-10-8-17-19-15(10)6-9/h1-8,18,20-21H/b9-5+. The van der Waals surface area contributed by atoms with E-state index in [4.69, 9.17) is 0 Å². The predicted octanol–water partition coefficient (Wildman–Crippen LogP) is 2.24. The van der Waals surface area contributed by atoms with Crippen LogP contribution in [0.2, 0.25) is 0 Å². The maximum absolute atomic E-state index is 10.1. The molecular formula is C16H11N3O2. The number of benzene rings is 2. The molecule has 0 atom stereocenters. The van der Waals surface area contributed by atoms with Gasteiger partial charge in [0.05, 0.1) is 11.9 Å². The van der Waals surface area contributed by atoms with Crippen LogP contribution in [0.15, 0.2) is 46.6 Å². The number of hydrogen-bond donors (Lipinski definition) is 3. The fourth-order valence-electron chi connectivity index (χ4n) is 2.50. The highest BCUT2D eigenvalue weighted by Crippen LogP contribution is 2.30. The van der Waals surface area contributed by atoms with E-state index in [0.29, 0.717) is 5.56 Å². The molecule has 3 N–H and O–H groups in total. The summed E-state index contributed by atoms with van der Waals surface area (Å²) >= 11 is 0. The lowest BCUT2D eigenvalue weighted by Crippen LogP contribution is -2.06. The summed E-state index contributed by atoms with van der Waals surface area (Å²) in [6, 6.07) is 10.7. The third-order valence-corrected chi connectivity index (χ3v) is 3.53. The zero-order chi connectivity index (χ0) is 14.4. The molecule has 102 valence electrons. The molecule has 0 unspecified atom stereocenters. The van der Waals surface area contributed by atoms with Gasteiger partial charge in [-0.3, -0.25) is 0 Å². The number of nitrogens with zero attached hydrogens (tertiary/aromatic N) is 2. The van der Waals surface area contributed by atoms with Crippen molar-refractivity contribution >= 4 is 28.9 Å². The minimum atomic E-state index is 0.0734. The minimum Gasteiger partial charge on any atom is -0.508 e. The number of nitrogens with one attached hydrogen (secondary N) is 1. The molecule has 0 amide bonds. The van der Waals surface area contributed by atoms with Crippen molar-refractivity contribution in [3.63, 3.8) is 0 Å². The molecular weight excluding hydrogens is 266 g/mol. The summed E-state index contributed by atoms with van der Waals surface area (Å²) in [6.07, 6.45) is 3.56. The number of rotatable bonds is 1. The van der Waals surface area contributed by atoms with Gasteiger partial charge in [0.2, 0.25) is 0 Å². The quantitative estimate of drug-likeness (QED) is 0.637. The molecule has 1 aromatic heterocycles. The Morgan fingerprint density at radius 2 is 1.95 bits per heavy atom. The average Bonchev–Trinajstić information content (AvgIpc) is 3.04. The van der Waals surface area contributed by atoms with Crippen LogP contribution in [-0.4, -0.2) is 15.2 Å². The molecule has 2 aromatic carbocycles. The van der Waals surface area contributed by atoms with Gasteiger partial charge in [-0.15, -0.1) is 0 Å². The number of azo groups is 1. The first-order chi connectivity index (χ1) is 10.2. The van der Waals surface area contributed by atoms with Crippen LogP contribution in [0.3, 0.4) is 0 Å². The van der Waals surface area contributed by atoms with E-state index in [1.165, 1.54) is 0 Å². The molecule has 4 rings (SSSR count). The maximum atomic E-state index is 10.1. The molecule has 0 saturated heterocycles. The van der Waals surface area contributed by atoms with E-state index in [2.05, 4.69) is 15.2 Å². The van der Waals surface area contributed by atoms with Crippen LogP contribution in [0.25, 0.3) is 23.2 Å². The Morgan fingerprint density at radius 3 is 2.86 bits per heavy atom. The molecule has 3 aromatic rings. The van der Waals surface area contributed by atoms with E-state index in [-0.39, 0.29) is 11.6 Å². The SMILES string of the molecule is Oc1ccc2[nH]c(O)c(/C=c3\ccc4c(c3)N=NC=4)c2c1. The zero-order valence-electron chi connectivity index (χ0n) is 10.9. The molecule has 0 aliphatic carbocycles. The van der Waals surface area contributed by atoms with Crippen LogP contribution in [0, 0.1) is 0 Å². The highest BCUT2D eigenvalue weighted by molar-refractivity contribution is 5.92. The number of aromatic amines is 1. The fourth-order valence-corrected chi connectivity index (χ4v) is 2.50. The van der Waals surface area contributed by atoms with Crippen molar-refractivity contribution in [2.75, 3.05) is 0 Å². The van der Waals surface area contributed by atoms with E-state index in [1.807, 2.05) is 24.3 Å². The molecule has 2 heterocycles. The summed E-state index contributed by atoms with van der Waals surface area (Å²) in [6.45, 7) is 0. The Hall–Kier alpha value is -3.08. The fraction of sp³-hybridized carbons (Fsp3) is 0. The number of aromatic nitrogens is 1. The predicted molar refractivity (Wildman–Crippen MR) is 79.9 cm³/mol. The summed E-state index contributed by atoms with van der Waals surface area (Å²) in [7, 11) is 0. The van der Waals surface area contributed by atoms with E-state index in [9.17, 15) is 10.2 Å². The largest absolute Gasteiger partial charge is 0.508 e. The van der Waals surface area contributed by atoms with Crippen molar-refractivity contribution in [3.8, 4) is 11.6 Å². The van der Waals surface area contributed by atoms with E-state index < -0.39 is 0 Å². The molecule has 0 saturated carbocycles. The van der Waals surface area contributed by atoms with Gasteiger partial charge in [-0.05, 0) is 35.6 Å². The second kappa shape index (κ2) is 4.21. The molecule has 5 nitrogen and oxygen atoms in total. The Labute approximate surface area is 119 Å². The second-order valence-electron chi connectivity index (χ2n) is 4.92. The first kappa shape index (κ1) is 11.7. The number of fused-ring (bicyclic) bond motifs is 2. The maximum Gasteiger partial charge on any atom is 0.196 e. The lowest BCUT2D eigenvalue weighted by molar-refractivity contribution is 0.457. The van der Waals surface area contributed by atoms with E-state index in [1.54, 1.807) is 24.4 Å². The molecule has 0 spiro atoms. The van der Waals surface area contributed by atoms with Gasteiger partial charge in [-0.2, -0.15) is 10.2 Å². The van der Waals surface area contributed by atoms with Crippen molar-refractivity contribution < 1.29 is 10.2 Å². The first-order valence-corrected chi connectivity index (χ1v) is 6.47. The van der Waals surface area contributed by atoms with Crippen LogP contribution in [0.1, 0.15) is 5.56 Å². The van der Waals surface area contributed by atoms with E-state index >= 15 is 0 Å². The summed E-state index contributed by atoms with van der Waals surface area (Å²) < 4.78 is 0. The number of phenols is 1. The molecule has 0 bridgehead atoms. The highest BCUT2D eigenvalue weighted by Gasteiger charge is 2.09. The van der Waals surface area contributed by atoms with Crippen molar-refractivity contribution in [2.24, 2.45) is 10.2 Å². The third-order valence-electron chi connectivity index (χ3n) is 3.53. The molecule has 0 radical (unpaired) electrons. The number of aromatic hydroxyl groups is 2. The Bertz CT molecular complexity index is 1020. The first-order valence-electron chi connectivity index (χ1n) is 6.47. The van der Waals surface area contributed by atoms with Crippen LogP contribution < -0.4 is 10.4 Å². The van der Waals surface area contributed by atoms with Crippen LogP contribution in [0.5, 0.6) is 11.6 Å². The van der Waals surface area contributed by atoms with Gasteiger partial charge in [0.25, 0.3) is 0 Å². The van der Waals surface area contributed by atoms with Crippen LogP contribution >= 0.6 is 0 Å². The van der Waals surface area contributed by atoms with Gasteiger partial charge < -0.3 is 15.2 Å². The van der Waals surface area contributed by atoms with Gasteiger partial charge in [0.15, 0.2) is 5.88 Å². The van der Waals surface area contributed by atoms with E-state index in [0.717, 1.165) is 27.0 Å². The topological polar surface area (TPSA) is 81.0 Å². The lowest BCUT2D eigenvalue weighted by Gasteiger charge is -1.95. The molecule has 21 heavy (non-hydrogen) atoms. The summed E-state index contributed by atoms with van der Waals surface area (Å²) in [5, 5.41) is 30.2. The van der Waals surface area contributed by atoms with Gasteiger partial charge in [-0.25, -0.2) is 0 Å². The Balaban J connectivity index is 1.97. The van der Waals surface area contributed by atoms with Crippen LogP contribution in [-0.2, 0) is 0 Å². The molecule has 5 heteroatoms. The molecule has 1 aliphatic rings. The minimum absolute atomic E-state index is 0.0734. The second-order valence-corrected chi connectivity index (χ2v) is 4.92. The molecule has 1 aliphatic heterocycles. The third kappa shape index (κ3) is 1.87. The van der Waals surface area contributed by atoms with Crippen molar-refractivity contribution in [3.05, 3.63) is 52.4 Å². The normalized spacial score (nSPS) is 13.6. The monoisotopic (exact) mass is 277 g/mol. The highest BCUT2D eigenvalue weighted by atomic mass is 16.3. The Kier molecular flexibility index (Phi) is 2.35. The lowest BCUT2D eigenvalue weighted by atomic mass is 10.1. The van der Waals surface area contributed by atoms with Crippen molar-refractivity contribution in [1.82, 2.24) is 4.98 Å². The average molecular weight is 277 g/mol. The Morgan fingerprint density at radius 1 is 1.05 bits per heavy atom. The van der Waals surface area contributed by atoms with Gasteiger partial charge >= 0.3 is 0 Å². The zero-order valence-corrected chi connectivity index (χ0v) is 10.9. The number of H-pyrrole nitrogens is 1. The molecule has 0 fully saturated rings. The summed E-state index contributed by atoms with van der Waals surface area (Å²) in [4.78, 5) is 2.89. The van der Waals surface area contributed by atoms with Crippen molar-refractivity contribution in [1.29, 1.82) is 0 Å².